The van der Waals surface area contributed by atoms with Gasteiger partial charge in [0, 0.05) is 16.7 Å². The highest BCUT2D eigenvalue weighted by molar-refractivity contribution is 5.94. The van der Waals surface area contributed by atoms with E-state index in [1.807, 2.05) is 54.6 Å². The molecule has 0 N–H and O–H groups in total. The maximum absolute atomic E-state index is 12.5. The molecule has 7 heteroatoms. The van der Waals surface area contributed by atoms with Crippen LogP contribution < -0.4 is 9.47 Å². The van der Waals surface area contributed by atoms with E-state index in [-0.39, 0.29) is 12.0 Å². The first kappa shape index (κ1) is 19.8. The van der Waals surface area contributed by atoms with Crippen molar-refractivity contribution in [2.24, 2.45) is 0 Å². The Morgan fingerprint density at radius 3 is 2.28 bits per heavy atom. The predicted octanol–water partition coefficient (Wildman–Crippen LogP) is 4.32. The summed E-state index contributed by atoms with van der Waals surface area (Å²) in [6.07, 6.45) is -0.0297. The van der Waals surface area contributed by atoms with Gasteiger partial charge in [-0.25, -0.2) is 0 Å². The number of benzene rings is 3. The minimum Gasteiger partial charge on any atom is -0.497 e. The summed E-state index contributed by atoms with van der Waals surface area (Å²) in [7, 11) is 1.60. The Kier molecular flexibility index (Phi) is 5.29. The topological polar surface area (TPSA) is 77.7 Å². The molecule has 0 atom stereocenters. The van der Waals surface area contributed by atoms with E-state index in [2.05, 4.69) is 10.1 Å². The highest BCUT2D eigenvalue weighted by Crippen LogP contribution is 2.26. The Bertz CT molecular complexity index is 1200. The number of hydrogen-bond donors (Lipinski definition) is 0. The molecule has 32 heavy (non-hydrogen) atoms. The molecule has 160 valence electrons. The number of rotatable bonds is 6. The van der Waals surface area contributed by atoms with Gasteiger partial charge in [0.2, 0.25) is 5.82 Å². The summed E-state index contributed by atoms with van der Waals surface area (Å²) in [4.78, 5) is 18.8. The fourth-order valence-electron chi connectivity index (χ4n) is 3.51. The van der Waals surface area contributed by atoms with Gasteiger partial charge < -0.3 is 18.9 Å². The smallest absolute Gasteiger partial charge is 0.258 e. The van der Waals surface area contributed by atoms with Crippen molar-refractivity contribution in [3.63, 3.8) is 0 Å². The summed E-state index contributed by atoms with van der Waals surface area (Å²) >= 11 is 0. The van der Waals surface area contributed by atoms with E-state index in [9.17, 15) is 4.79 Å². The molecule has 7 nitrogen and oxygen atoms in total. The van der Waals surface area contributed by atoms with Crippen molar-refractivity contribution in [1.82, 2.24) is 15.0 Å². The van der Waals surface area contributed by atoms with Crippen LogP contribution in [-0.4, -0.2) is 47.3 Å². The molecule has 0 bridgehead atoms. The first-order valence-corrected chi connectivity index (χ1v) is 10.3. The molecule has 0 spiro atoms. The zero-order chi connectivity index (χ0) is 21.9. The van der Waals surface area contributed by atoms with Gasteiger partial charge in [-0.05, 0) is 60.7 Å². The number of carbonyl (C=O) groups excluding carboxylic acids is 1. The third-order valence-corrected chi connectivity index (χ3v) is 5.33. The summed E-state index contributed by atoms with van der Waals surface area (Å²) in [5.74, 6) is 2.47. The second kappa shape index (κ2) is 8.55. The molecule has 0 unspecified atom stereocenters. The highest BCUT2D eigenvalue weighted by atomic mass is 16.5. The molecule has 4 aromatic rings. The number of likely N-dealkylation sites (tertiary alicyclic amines) is 1. The molecule has 3 aromatic carbocycles. The molecule has 5 rings (SSSR count). The molecule has 1 saturated heterocycles. The Morgan fingerprint density at radius 1 is 0.906 bits per heavy atom. The van der Waals surface area contributed by atoms with Crippen molar-refractivity contribution in [3.8, 4) is 34.3 Å². The maximum Gasteiger partial charge on any atom is 0.258 e. The Hall–Kier alpha value is -4.13. The van der Waals surface area contributed by atoms with Crippen LogP contribution in [-0.2, 0) is 0 Å². The van der Waals surface area contributed by atoms with Crippen LogP contribution in [0, 0.1) is 0 Å². The van der Waals surface area contributed by atoms with Crippen LogP contribution in [0.4, 0.5) is 0 Å². The van der Waals surface area contributed by atoms with E-state index >= 15 is 0 Å². The first-order chi connectivity index (χ1) is 15.7. The quantitative estimate of drug-likeness (QED) is 0.456. The summed E-state index contributed by atoms with van der Waals surface area (Å²) in [5, 5.41) is 4.07. The number of carbonyl (C=O) groups is 1. The number of aromatic nitrogens is 2. The van der Waals surface area contributed by atoms with Crippen LogP contribution >= 0.6 is 0 Å². The number of hydrogen-bond acceptors (Lipinski definition) is 6. The predicted molar refractivity (Wildman–Crippen MR) is 118 cm³/mol. The molecule has 1 fully saturated rings. The molecule has 1 aliphatic rings. The van der Waals surface area contributed by atoms with Crippen molar-refractivity contribution in [3.05, 3.63) is 84.4 Å². The van der Waals surface area contributed by atoms with Crippen molar-refractivity contribution in [1.29, 1.82) is 0 Å². The lowest BCUT2D eigenvalue weighted by Crippen LogP contribution is -2.56. The van der Waals surface area contributed by atoms with E-state index < -0.39 is 0 Å². The van der Waals surface area contributed by atoms with Crippen molar-refractivity contribution in [2.75, 3.05) is 20.2 Å². The summed E-state index contributed by atoms with van der Waals surface area (Å²) in [6, 6.07) is 24.3. The van der Waals surface area contributed by atoms with Gasteiger partial charge in [0.05, 0.1) is 20.2 Å². The number of amides is 1. The Labute approximate surface area is 185 Å². The van der Waals surface area contributed by atoms with Gasteiger partial charge in [0.25, 0.3) is 11.8 Å². The largest absolute Gasteiger partial charge is 0.497 e. The second-order valence-electron chi connectivity index (χ2n) is 7.49. The van der Waals surface area contributed by atoms with Crippen molar-refractivity contribution in [2.45, 2.75) is 6.10 Å². The van der Waals surface area contributed by atoms with Crippen LogP contribution in [0.25, 0.3) is 22.8 Å². The van der Waals surface area contributed by atoms with Gasteiger partial charge >= 0.3 is 0 Å². The molecule has 2 heterocycles. The third kappa shape index (κ3) is 4.05. The van der Waals surface area contributed by atoms with Gasteiger partial charge in [0.1, 0.15) is 17.6 Å². The fraction of sp³-hybridized carbons (Fsp3) is 0.160. The van der Waals surface area contributed by atoms with Gasteiger partial charge in [-0.15, -0.1) is 0 Å². The molecule has 1 aliphatic heterocycles. The van der Waals surface area contributed by atoms with Crippen LogP contribution in [0.5, 0.6) is 11.5 Å². The fourth-order valence-corrected chi connectivity index (χ4v) is 3.51. The average Bonchev–Trinajstić information content (AvgIpc) is 3.32. The summed E-state index contributed by atoms with van der Waals surface area (Å²) in [6.45, 7) is 1.11. The van der Waals surface area contributed by atoms with Gasteiger partial charge in [-0.1, -0.05) is 23.4 Å². The first-order valence-electron chi connectivity index (χ1n) is 10.3. The van der Waals surface area contributed by atoms with E-state index in [4.69, 9.17) is 14.0 Å². The van der Waals surface area contributed by atoms with Gasteiger partial charge in [-0.2, -0.15) is 4.98 Å². The second-order valence-corrected chi connectivity index (χ2v) is 7.49. The third-order valence-electron chi connectivity index (χ3n) is 5.33. The van der Waals surface area contributed by atoms with Crippen LogP contribution in [0.2, 0.25) is 0 Å². The average molecular weight is 427 g/mol. The van der Waals surface area contributed by atoms with Crippen LogP contribution in [0.15, 0.2) is 83.4 Å². The van der Waals surface area contributed by atoms with Crippen LogP contribution in [0.1, 0.15) is 10.4 Å². The minimum absolute atomic E-state index is 0.00539. The Balaban J connectivity index is 1.17. The molecule has 1 amide bonds. The van der Waals surface area contributed by atoms with Gasteiger partial charge in [0.15, 0.2) is 0 Å². The van der Waals surface area contributed by atoms with E-state index in [1.165, 1.54) is 0 Å². The lowest BCUT2D eigenvalue weighted by atomic mass is 10.1. The number of ether oxygens (including phenoxy) is 2. The SMILES string of the molecule is COc1ccc(C(=O)N2CC(Oc3ccc(-c4noc(-c5ccccc5)n4)cc3)C2)cc1. The molecule has 1 aromatic heterocycles. The van der Waals surface area contributed by atoms with E-state index in [1.54, 1.807) is 36.3 Å². The lowest BCUT2D eigenvalue weighted by Gasteiger charge is -2.39. The molecule has 0 aliphatic carbocycles. The standard InChI is InChI=1S/C25H21N3O4/c1-30-20-11-9-19(10-12-20)25(29)28-15-22(16-28)31-21-13-7-17(8-14-21)23-26-24(32-27-23)18-5-3-2-4-6-18/h2-14,22H,15-16H2,1H3. The van der Waals surface area contributed by atoms with Crippen molar-refractivity contribution < 1.29 is 18.8 Å². The van der Waals surface area contributed by atoms with Crippen LogP contribution in [0.3, 0.4) is 0 Å². The highest BCUT2D eigenvalue weighted by Gasteiger charge is 2.32. The normalized spacial score (nSPS) is 13.5. The summed E-state index contributed by atoms with van der Waals surface area (Å²) in [5.41, 5.74) is 2.36. The Morgan fingerprint density at radius 2 is 1.59 bits per heavy atom. The lowest BCUT2D eigenvalue weighted by molar-refractivity contribution is 0.0178. The molecular formula is C25H21N3O4. The minimum atomic E-state index is -0.0297. The van der Waals surface area contributed by atoms with E-state index in [0.29, 0.717) is 30.4 Å². The van der Waals surface area contributed by atoms with E-state index in [0.717, 1.165) is 22.6 Å². The molecule has 0 saturated carbocycles. The summed E-state index contributed by atoms with van der Waals surface area (Å²) < 4.78 is 16.5. The zero-order valence-electron chi connectivity index (χ0n) is 17.5. The molecule has 0 radical (unpaired) electrons. The van der Waals surface area contributed by atoms with Gasteiger partial charge in [-0.3, -0.25) is 4.79 Å². The number of nitrogens with zero attached hydrogens (tertiary/aromatic N) is 3. The molecular weight excluding hydrogens is 406 g/mol. The maximum atomic E-state index is 12.5. The van der Waals surface area contributed by atoms with Crippen molar-refractivity contribution >= 4 is 5.91 Å². The zero-order valence-corrected chi connectivity index (χ0v) is 17.5. The monoisotopic (exact) mass is 427 g/mol. The number of methoxy groups -OCH3 is 1.